The Balaban J connectivity index is 2.25. The molecule has 98 valence electrons. The number of carbonyl (C=O) groups excluding carboxylic acids is 1. The van der Waals surface area contributed by atoms with Gasteiger partial charge in [-0.2, -0.15) is 13.2 Å². The Hall–Kier alpha value is -1.59. The van der Waals surface area contributed by atoms with Crippen LogP contribution in [0.15, 0.2) is 18.2 Å². The third-order valence-corrected chi connectivity index (χ3v) is 2.85. The number of benzene rings is 1. The van der Waals surface area contributed by atoms with Crippen LogP contribution in [0.1, 0.15) is 35.2 Å². The van der Waals surface area contributed by atoms with Crippen molar-refractivity contribution >= 4 is 5.97 Å². The van der Waals surface area contributed by atoms with Gasteiger partial charge in [-0.25, -0.2) is 9.18 Å². The van der Waals surface area contributed by atoms with Crippen LogP contribution in [-0.4, -0.2) is 12.1 Å². The predicted octanol–water partition coefficient (Wildman–Crippen LogP) is 3.55. The zero-order valence-corrected chi connectivity index (χ0v) is 9.26. The van der Waals surface area contributed by atoms with Crippen molar-refractivity contribution in [2.45, 2.75) is 31.5 Å². The van der Waals surface area contributed by atoms with Gasteiger partial charge in [-0.15, -0.1) is 0 Å². The largest absolute Gasteiger partial charge is 0.459 e. The number of rotatable bonds is 2. The van der Waals surface area contributed by atoms with E-state index in [2.05, 4.69) is 0 Å². The van der Waals surface area contributed by atoms with Crippen LogP contribution in [0.5, 0.6) is 0 Å². The van der Waals surface area contributed by atoms with Gasteiger partial charge in [-0.05, 0) is 31.4 Å². The molecule has 18 heavy (non-hydrogen) atoms. The molecular weight excluding hydrogens is 252 g/mol. The molecule has 2 rings (SSSR count). The smallest absolute Gasteiger partial charge is 0.419 e. The van der Waals surface area contributed by atoms with Crippen LogP contribution in [0.3, 0.4) is 0 Å². The number of ether oxygens (including phenoxy) is 1. The average molecular weight is 262 g/mol. The Kier molecular flexibility index (Phi) is 3.28. The molecule has 0 heterocycles. The summed E-state index contributed by atoms with van der Waals surface area (Å²) in [7, 11) is 0. The SMILES string of the molecule is O=C(OC1CCC1)c1cccc(C(F)(F)F)c1F. The fourth-order valence-electron chi connectivity index (χ4n) is 1.61. The molecule has 1 aromatic carbocycles. The molecule has 1 saturated carbocycles. The normalized spacial score (nSPS) is 16.2. The lowest BCUT2D eigenvalue weighted by molar-refractivity contribution is -0.140. The highest BCUT2D eigenvalue weighted by atomic mass is 19.4. The molecule has 0 amide bonds. The Morgan fingerprint density at radius 2 is 1.94 bits per heavy atom. The van der Waals surface area contributed by atoms with E-state index >= 15 is 0 Å². The van der Waals surface area contributed by atoms with Crippen LogP contribution < -0.4 is 0 Å². The average Bonchev–Trinajstić information content (AvgIpc) is 2.21. The molecule has 1 aliphatic rings. The first kappa shape index (κ1) is 12.9. The molecule has 0 bridgehead atoms. The zero-order chi connectivity index (χ0) is 13.3. The molecule has 0 spiro atoms. The molecule has 2 nitrogen and oxygen atoms in total. The van der Waals surface area contributed by atoms with Crippen molar-refractivity contribution in [3.8, 4) is 0 Å². The highest BCUT2D eigenvalue weighted by molar-refractivity contribution is 5.90. The summed E-state index contributed by atoms with van der Waals surface area (Å²) in [5, 5.41) is 0. The van der Waals surface area contributed by atoms with Crippen molar-refractivity contribution in [1.29, 1.82) is 0 Å². The highest BCUT2D eigenvalue weighted by Crippen LogP contribution is 2.33. The Bertz CT molecular complexity index is 464. The summed E-state index contributed by atoms with van der Waals surface area (Å²) in [6.07, 6.45) is -2.87. The van der Waals surface area contributed by atoms with Crippen LogP contribution in [0.25, 0.3) is 0 Å². The number of hydrogen-bond donors (Lipinski definition) is 0. The van der Waals surface area contributed by atoms with Crippen molar-refractivity contribution < 1.29 is 27.1 Å². The molecule has 0 atom stereocenters. The summed E-state index contributed by atoms with van der Waals surface area (Å²) in [5.74, 6) is -2.61. The van der Waals surface area contributed by atoms with E-state index in [9.17, 15) is 22.4 Å². The fourth-order valence-corrected chi connectivity index (χ4v) is 1.61. The van der Waals surface area contributed by atoms with Crippen molar-refractivity contribution in [1.82, 2.24) is 0 Å². The lowest BCUT2D eigenvalue weighted by Gasteiger charge is -2.25. The van der Waals surface area contributed by atoms with Crippen LogP contribution in [-0.2, 0) is 10.9 Å². The van der Waals surface area contributed by atoms with E-state index in [0.29, 0.717) is 18.9 Å². The van der Waals surface area contributed by atoms with E-state index in [1.807, 2.05) is 0 Å². The highest BCUT2D eigenvalue weighted by Gasteiger charge is 2.36. The number of carbonyl (C=O) groups is 1. The monoisotopic (exact) mass is 262 g/mol. The van der Waals surface area contributed by atoms with Crippen molar-refractivity contribution in [2.24, 2.45) is 0 Å². The van der Waals surface area contributed by atoms with Gasteiger partial charge in [0.25, 0.3) is 0 Å². The van der Waals surface area contributed by atoms with E-state index < -0.39 is 29.1 Å². The van der Waals surface area contributed by atoms with Crippen molar-refractivity contribution in [3.63, 3.8) is 0 Å². The molecule has 6 heteroatoms. The van der Waals surface area contributed by atoms with E-state index in [-0.39, 0.29) is 6.10 Å². The van der Waals surface area contributed by atoms with Gasteiger partial charge < -0.3 is 4.74 Å². The molecular formula is C12H10F4O2. The maximum Gasteiger partial charge on any atom is 0.419 e. The van der Waals surface area contributed by atoms with Gasteiger partial charge in [0, 0.05) is 0 Å². The van der Waals surface area contributed by atoms with Gasteiger partial charge in [-0.3, -0.25) is 0 Å². The van der Waals surface area contributed by atoms with Crippen molar-refractivity contribution in [2.75, 3.05) is 0 Å². The van der Waals surface area contributed by atoms with Crippen LogP contribution in [0, 0.1) is 5.82 Å². The molecule has 1 fully saturated rings. The Morgan fingerprint density at radius 1 is 1.28 bits per heavy atom. The fraction of sp³-hybridized carbons (Fsp3) is 0.417. The second-order valence-corrected chi connectivity index (χ2v) is 4.12. The summed E-state index contributed by atoms with van der Waals surface area (Å²) in [6.45, 7) is 0. The Morgan fingerprint density at radius 3 is 2.44 bits per heavy atom. The van der Waals surface area contributed by atoms with Gasteiger partial charge in [0.15, 0.2) is 0 Å². The number of alkyl halides is 3. The topological polar surface area (TPSA) is 26.3 Å². The minimum atomic E-state index is -4.82. The van der Waals surface area contributed by atoms with E-state index in [4.69, 9.17) is 4.74 Å². The number of halogens is 4. The first-order valence-electron chi connectivity index (χ1n) is 5.46. The predicted molar refractivity (Wildman–Crippen MR) is 54.5 cm³/mol. The molecule has 0 saturated heterocycles. The van der Waals surface area contributed by atoms with Crippen LogP contribution in [0.2, 0.25) is 0 Å². The molecule has 0 aliphatic heterocycles. The maximum atomic E-state index is 13.6. The molecule has 0 radical (unpaired) electrons. The second kappa shape index (κ2) is 4.59. The molecule has 0 unspecified atom stereocenters. The quantitative estimate of drug-likeness (QED) is 0.601. The summed E-state index contributed by atoms with van der Waals surface area (Å²) >= 11 is 0. The van der Waals surface area contributed by atoms with Crippen LogP contribution >= 0.6 is 0 Å². The van der Waals surface area contributed by atoms with Crippen LogP contribution in [0.4, 0.5) is 17.6 Å². The summed E-state index contributed by atoms with van der Waals surface area (Å²) in [6, 6.07) is 2.57. The first-order valence-corrected chi connectivity index (χ1v) is 5.46. The van der Waals surface area contributed by atoms with Gasteiger partial charge in [-0.1, -0.05) is 6.07 Å². The van der Waals surface area contributed by atoms with Gasteiger partial charge in [0.05, 0.1) is 11.1 Å². The summed E-state index contributed by atoms with van der Waals surface area (Å²) < 4.78 is 55.8. The van der Waals surface area contributed by atoms with Gasteiger partial charge in [0.2, 0.25) is 0 Å². The van der Waals surface area contributed by atoms with Gasteiger partial charge in [0.1, 0.15) is 11.9 Å². The molecule has 1 aromatic rings. The van der Waals surface area contributed by atoms with E-state index in [0.717, 1.165) is 18.6 Å². The molecule has 0 aromatic heterocycles. The third-order valence-electron chi connectivity index (χ3n) is 2.85. The minimum absolute atomic E-state index is 0.300. The standard InChI is InChI=1S/C12H10F4O2/c13-10-8(11(17)18-7-3-1-4-7)5-2-6-9(10)12(14,15)16/h2,5-7H,1,3-4H2. The van der Waals surface area contributed by atoms with E-state index in [1.165, 1.54) is 0 Å². The van der Waals surface area contributed by atoms with Gasteiger partial charge >= 0.3 is 12.1 Å². The maximum absolute atomic E-state index is 13.6. The molecule has 1 aliphatic carbocycles. The summed E-state index contributed by atoms with van der Waals surface area (Å²) in [5.41, 5.74) is -2.12. The molecule has 0 N–H and O–H groups in total. The lowest BCUT2D eigenvalue weighted by Crippen LogP contribution is -2.26. The minimum Gasteiger partial charge on any atom is -0.459 e. The summed E-state index contributed by atoms with van der Waals surface area (Å²) in [4.78, 5) is 11.5. The Labute approximate surface area is 101 Å². The van der Waals surface area contributed by atoms with E-state index in [1.54, 1.807) is 0 Å². The lowest BCUT2D eigenvalue weighted by atomic mass is 9.96. The first-order chi connectivity index (χ1) is 8.39. The third kappa shape index (κ3) is 2.47. The number of esters is 1. The number of hydrogen-bond acceptors (Lipinski definition) is 2. The second-order valence-electron chi connectivity index (χ2n) is 4.12. The van der Waals surface area contributed by atoms with Crippen molar-refractivity contribution in [3.05, 3.63) is 35.1 Å². The zero-order valence-electron chi connectivity index (χ0n) is 9.26.